The van der Waals surface area contributed by atoms with E-state index in [-0.39, 0.29) is 18.2 Å². The van der Waals surface area contributed by atoms with E-state index in [0.717, 1.165) is 0 Å². The van der Waals surface area contributed by atoms with Crippen molar-refractivity contribution in [1.82, 2.24) is 5.32 Å². The van der Waals surface area contributed by atoms with Gasteiger partial charge in [-0.25, -0.2) is 8.78 Å². The minimum absolute atomic E-state index is 0.191. The lowest BCUT2D eigenvalue weighted by atomic mass is 9.94. The Balaban J connectivity index is 3.86. The molecule has 0 fully saturated rings. The largest absolute Gasteiger partial charge is 0.350 e. The topological polar surface area (TPSA) is 55.1 Å². The molecule has 0 aliphatic rings. The SMILES string of the molecule is CC(C)C(C)CC(=O)NCC(F)(F)CN. The molecule has 1 unspecified atom stereocenters. The Morgan fingerprint density at radius 1 is 1.40 bits per heavy atom. The summed E-state index contributed by atoms with van der Waals surface area (Å²) in [5.41, 5.74) is 4.84. The minimum atomic E-state index is -3.00. The number of carbonyl (C=O) groups is 1. The molecule has 5 heteroatoms. The van der Waals surface area contributed by atoms with Gasteiger partial charge in [0.05, 0.1) is 13.1 Å². The van der Waals surface area contributed by atoms with Crippen LogP contribution in [0.15, 0.2) is 0 Å². The van der Waals surface area contributed by atoms with E-state index in [1.54, 1.807) is 0 Å². The van der Waals surface area contributed by atoms with Crippen LogP contribution in [0.3, 0.4) is 0 Å². The first-order valence-corrected chi connectivity index (χ1v) is 5.13. The van der Waals surface area contributed by atoms with Crippen LogP contribution in [0, 0.1) is 11.8 Å². The normalized spacial score (nSPS) is 14.1. The van der Waals surface area contributed by atoms with Gasteiger partial charge in [-0.2, -0.15) is 0 Å². The van der Waals surface area contributed by atoms with Gasteiger partial charge in [0.15, 0.2) is 0 Å². The molecule has 90 valence electrons. The number of hydrogen-bond acceptors (Lipinski definition) is 2. The first-order valence-electron chi connectivity index (χ1n) is 5.13. The predicted molar refractivity (Wildman–Crippen MR) is 55.6 cm³/mol. The zero-order valence-corrected chi connectivity index (χ0v) is 9.52. The molecule has 0 aliphatic carbocycles. The molecule has 0 saturated carbocycles. The van der Waals surface area contributed by atoms with Gasteiger partial charge < -0.3 is 11.1 Å². The van der Waals surface area contributed by atoms with Crippen molar-refractivity contribution in [3.05, 3.63) is 0 Å². The molecule has 0 saturated heterocycles. The number of hydrogen-bond donors (Lipinski definition) is 2. The molecule has 1 amide bonds. The van der Waals surface area contributed by atoms with E-state index in [0.29, 0.717) is 5.92 Å². The maximum atomic E-state index is 12.7. The number of rotatable bonds is 6. The summed E-state index contributed by atoms with van der Waals surface area (Å²) in [4.78, 5) is 11.2. The van der Waals surface area contributed by atoms with Crippen molar-refractivity contribution in [1.29, 1.82) is 0 Å². The molecule has 3 N–H and O–H groups in total. The third-order valence-corrected chi connectivity index (χ3v) is 2.49. The van der Waals surface area contributed by atoms with Crippen LogP contribution >= 0.6 is 0 Å². The van der Waals surface area contributed by atoms with Gasteiger partial charge >= 0.3 is 0 Å². The van der Waals surface area contributed by atoms with Gasteiger partial charge in [-0.15, -0.1) is 0 Å². The Morgan fingerprint density at radius 2 is 1.93 bits per heavy atom. The number of alkyl halides is 2. The highest BCUT2D eigenvalue weighted by Gasteiger charge is 2.27. The summed E-state index contributed by atoms with van der Waals surface area (Å²) in [6.07, 6.45) is 0.276. The van der Waals surface area contributed by atoms with E-state index < -0.39 is 19.0 Å². The molecule has 0 aromatic carbocycles. The molecule has 0 aliphatic heterocycles. The first-order chi connectivity index (χ1) is 6.78. The van der Waals surface area contributed by atoms with Crippen LogP contribution in [0.4, 0.5) is 8.78 Å². The molecule has 0 spiro atoms. The third-order valence-electron chi connectivity index (χ3n) is 2.49. The average Bonchev–Trinajstić information content (AvgIpc) is 2.15. The predicted octanol–water partition coefficient (Wildman–Crippen LogP) is 1.38. The Labute approximate surface area is 89.4 Å². The van der Waals surface area contributed by atoms with Crippen molar-refractivity contribution in [2.75, 3.05) is 13.1 Å². The lowest BCUT2D eigenvalue weighted by Crippen LogP contribution is -2.42. The van der Waals surface area contributed by atoms with Gasteiger partial charge in [-0.1, -0.05) is 20.8 Å². The van der Waals surface area contributed by atoms with Crippen LogP contribution in [0.25, 0.3) is 0 Å². The molecular formula is C10H20F2N2O. The van der Waals surface area contributed by atoms with E-state index in [1.807, 2.05) is 20.8 Å². The van der Waals surface area contributed by atoms with E-state index in [2.05, 4.69) is 5.32 Å². The van der Waals surface area contributed by atoms with E-state index in [9.17, 15) is 13.6 Å². The van der Waals surface area contributed by atoms with Gasteiger partial charge in [0.2, 0.25) is 5.91 Å². The lowest BCUT2D eigenvalue weighted by Gasteiger charge is -2.17. The molecule has 0 rings (SSSR count). The molecule has 15 heavy (non-hydrogen) atoms. The van der Waals surface area contributed by atoms with E-state index in [4.69, 9.17) is 5.73 Å². The van der Waals surface area contributed by atoms with Gasteiger partial charge in [-0.05, 0) is 11.8 Å². The summed E-state index contributed by atoms with van der Waals surface area (Å²) < 4.78 is 25.3. The summed E-state index contributed by atoms with van der Waals surface area (Å²) in [5, 5.41) is 2.19. The average molecular weight is 222 g/mol. The summed E-state index contributed by atoms with van der Waals surface area (Å²) in [5.74, 6) is -2.79. The molecule has 0 aromatic rings. The molecule has 0 radical (unpaired) electrons. The van der Waals surface area contributed by atoms with Crippen LogP contribution in [0.1, 0.15) is 27.2 Å². The molecule has 3 nitrogen and oxygen atoms in total. The molecule has 0 aromatic heterocycles. The molecular weight excluding hydrogens is 202 g/mol. The van der Waals surface area contributed by atoms with E-state index >= 15 is 0 Å². The Morgan fingerprint density at radius 3 is 2.33 bits per heavy atom. The molecule has 1 atom stereocenters. The monoisotopic (exact) mass is 222 g/mol. The van der Waals surface area contributed by atoms with Crippen molar-refractivity contribution >= 4 is 5.91 Å². The lowest BCUT2D eigenvalue weighted by molar-refractivity contribution is -0.124. The fourth-order valence-electron chi connectivity index (χ4n) is 0.900. The van der Waals surface area contributed by atoms with Gasteiger partial charge in [-0.3, -0.25) is 4.79 Å². The number of nitrogens with one attached hydrogen (secondary N) is 1. The highest BCUT2D eigenvalue weighted by molar-refractivity contribution is 5.76. The number of amides is 1. The van der Waals surface area contributed by atoms with Crippen LogP contribution in [0.2, 0.25) is 0 Å². The fraction of sp³-hybridized carbons (Fsp3) is 0.900. The second-order valence-electron chi connectivity index (χ2n) is 4.26. The summed E-state index contributed by atoms with van der Waals surface area (Å²) in [7, 11) is 0. The van der Waals surface area contributed by atoms with Gasteiger partial charge in [0.1, 0.15) is 0 Å². The highest BCUT2D eigenvalue weighted by Crippen LogP contribution is 2.14. The first kappa shape index (κ1) is 14.3. The maximum Gasteiger partial charge on any atom is 0.277 e. The minimum Gasteiger partial charge on any atom is -0.350 e. The van der Waals surface area contributed by atoms with Crippen LogP contribution in [0.5, 0.6) is 0 Å². The quantitative estimate of drug-likeness (QED) is 0.713. The van der Waals surface area contributed by atoms with Gasteiger partial charge in [0, 0.05) is 6.42 Å². The summed E-state index contributed by atoms with van der Waals surface area (Å²) in [6, 6.07) is 0. The number of nitrogens with two attached hydrogens (primary N) is 1. The van der Waals surface area contributed by atoms with Crippen LogP contribution < -0.4 is 11.1 Å². The standard InChI is InChI=1S/C10H20F2N2O/c1-7(2)8(3)4-9(15)14-6-10(11,12)5-13/h7-8H,4-6,13H2,1-3H3,(H,14,15). The van der Waals surface area contributed by atoms with E-state index in [1.165, 1.54) is 0 Å². The fourth-order valence-corrected chi connectivity index (χ4v) is 0.900. The van der Waals surface area contributed by atoms with Crippen molar-refractivity contribution in [2.24, 2.45) is 17.6 Å². The number of halogens is 2. The second kappa shape index (κ2) is 6.00. The second-order valence-corrected chi connectivity index (χ2v) is 4.26. The van der Waals surface area contributed by atoms with Crippen LogP contribution in [-0.2, 0) is 4.79 Å². The summed E-state index contributed by atoms with van der Waals surface area (Å²) >= 11 is 0. The van der Waals surface area contributed by atoms with Crippen molar-refractivity contribution in [3.63, 3.8) is 0 Å². The Bertz CT molecular complexity index is 208. The zero-order valence-electron chi connectivity index (χ0n) is 9.52. The molecule has 0 heterocycles. The Hall–Kier alpha value is -0.710. The third kappa shape index (κ3) is 6.38. The van der Waals surface area contributed by atoms with Gasteiger partial charge in [0.25, 0.3) is 5.92 Å². The molecule has 0 bridgehead atoms. The maximum absolute atomic E-state index is 12.7. The highest BCUT2D eigenvalue weighted by atomic mass is 19.3. The van der Waals surface area contributed by atoms with Crippen molar-refractivity contribution in [2.45, 2.75) is 33.1 Å². The smallest absolute Gasteiger partial charge is 0.277 e. The van der Waals surface area contributed by atoms with Crippen molar-refractivity contribution < 1.29 is 13.6 Å². The van der Waals surface area contributed by atoms with Crippen molar-refractivity contribution in [3.8, 4) is 0 Å². The summed E-state index contributed by atoms with van der Waals surface area (Å²) in [6.45, 7) is 4.49. The number of carbonyl (C=O) groups excluding carboxylic acids is 1. The Kier molecular flexibility index (Phi) is 5.72. The van der Waals surface area contributed by atoms with Crippen LogP contribution in [-0.4, -0.2) is 24.9 Å². The zero-order chi connectivity index (χ0) is 12.1.